The number of fused-ring (bicyclic) bond motifs is 1. The van der Waals surface area contributed by atoms with Gasteiger partial charge in [-0.1, -0.05) is 0 Å². The molecule has 0 radical (unpaired) electrons. The zero-order valence-electron chi connectivity index (χ0n) is 7.98. The maximum absolute atomic E-state index is 11.5. The number of esters is 1. The number of aldehydes is 1. The molecule has 0 aliphatic carbocycles. The first-order valence-corrected chi connectivity index (χ1v) is 6.09. The zero-order valence-corrected chi connectivity index (χ0v) is 9.61. The third-order valence-electron chi connectivity index (χ3n) is 1.90. The van der Waals surface area contributed by atoms with Gasteiger partial charge in [-0.25, -0.2) is 4.79 Å². The monoisotopic (exact) mass is 240 g/mol. The molecule has 5 heteroatoms. The maximum Gasteiger partial charge on any atom is 0.339 e. The average molecular weight is 240 g/mol. The van der Waals surface area contributed by atoms with Gasteiger partial charge in [0.25, 0.3) is 0 Å². The molecule has 0 saturated heterocycles. The van der Waals surface area contributed by atoms with E-state index in [-0.39, 0.29) is 5.97 Å². The van der Waals surface area contributed by atoms with Crippen LogP contribution in [0.5, 0.6) is 0 Å². The number of carbonyl (C=O) groups is 2. The van der Waals surface area contributed by atoms with Crippen LogP contribution in [0.15, 0.2) is 11.4 Å². The van der Waals surface area contributed by atoms with E-state index < -0.39 is 0 Å². The minimum atomic E-state index is -0.320. The van der Waals surface area contributed by atoms with E-state index in [9.17, 15) is 9.59 Å². The number of carbonyl (C=O) groups excluding carboxylic acids is 2. The Morgan fingerprint density at radius 2 is 2.40 bits per heavy atom. The fourth-order valence-electron chi connectivity index (χ4n) is 1.27. The van der Waals surface area contributed by atoms with E-state index >= 15 is 0 Å². The lowest BCUT2D eigenvalue weighted by Gasteiger charge is -1.97. The molecular formula is C10H8O3S2. The van der Waals surface area contributed by atoms with Gasteiger partial charge in [0.15, 0.2) is 6.29 Å². The van der Waals surface area contributed by atoms with Crippen LogP contribution in [0, 0.1) is 0 Å². The standard InChI is InChI=1S/C10H8O3S2/c1-2-13-9(12)8-5-14-10-7(8)3-6(4-11)15-10/h3-5H,2H2,1H3. The Kier molecular flexibility index (Phi) is 2.83. The quantitative estimate of drug-likeness (QED) is 0.612. The van der Waals surface area contributed by atoms with Crippen LogP contribution in [0.1, 0.15) is 27.0 Å². The molecule has 0 aliphatic heterocycles. The Bertz CT molecular complexity index is 510. The number of rotatable bonds is 3. The summed E-state index contributed by atoms with van der Waals surface area (Å²) in [7, 11) is 0. The summed E-state index contributed by atoms with van der Waals surface area (Å²) in [6, 6.07) is 1.73. The van der Waals surface area contributed by atoms with Crippen molar-refractivity contribution in [1.82, 2.24) is 0 Å². The van der Waals surface area contributed by atoms with E-state index in [1.54, 1.807) is 18.4 Å². The zero-order chi connectivity index (χ0) is 10.8. The van der Waals surface area contributed by atoms with Crippen LogP contribution in [0.4, 0.5) is 0 Å². The van der Waals surface area contributed by atoms with Crippen molar-refractivity contribution in [2.45, 2.75) is 6.92 Å². The first-order valence-electron chi connectivity index (χ1n) is 4.39. The van der Waals surface area contributed by atoms with Crippen LogP contribution in [-0.4, -0.2) is 18.9 Å². The highest BCUT2D eigenvalue weighted by Gasteiger charge is 2.15. The minimum Gasteiger partial charge on any atom is -0.462 e. The first kappa shape index (κ1) is 10.3. The van der Waals surface area contributed by atoms with Crippen molar-refractivity contribution >= 4 is 44.3 Å². The minimum absolute atomic E-state index is 0.320. The van der Waals surface area contributed by atoms with Crippen LogP contribution in [0.3, 0.4) is 0 Å². The molecule has 2 aromatic heterocycles. The lowest BCUT2D eigenvalue weighted by atomic mass is 10.2. The summed E-state index contributed by atoms with van der Waals surface area (Å²) in [6.45, 7) is 2.13. The number of hydrogen-bond acceptors (Lipinski definition) is 5. The molecule has 0 unspecified atom stereocenters. The van der Waals surface area contributed by atoms with Crippen molar-refractivity contribution in [1.29, 1.82) is 0 Å². The normalized spacial score (nSPS) is 10.5. The molecule has 0 fully saturated rings. The summed E-state index contributed by atoms with van der Waals surface area (Å²) in [5.74, 6) is -0.320. The summed E-state index contributed by atoms with van der Waals surface area (Å²) in [5.41, 5.74) is 0.557. The van der Waals surface area contributed by atoms with Gasteiger partial charge in [-0.15, -0.1) is 22.7 Å². The van der Waals surface area contributed by atoms with Crippen molar-refractivity contribution < 1.29 is 14.3 Å². The Morgan fingerprint density at radius 3 is 3.07 bits per heavy atom. The Morgan fingerprint density at radius 1 is 1.60 bits per heavy atom. The van der Waals surface area contributed by atoms with E-state index in [4.69, 9.17) is 4.74 Å². The van der Waals surface area contributed by atoms with Crippen LogP contribution in [-0.2, 0) is 4.74 Å². The van der Waals surface area contributed by atoms with Gasteiger partial charge in [0.05, 0.1) is 21.1 Å². The number of hydrogen-bond donors (Lipinski definition) is 0. The van der Waals surface area contributed by atoms with Crippen LogP contribution < -0.4 is 0 Å². The predicted molar refractivity (Wildman–Crippen MR) is 61.0 cm³/mol. The summed E-state index contributed by atoms with van der Waals surface area (Å²) in [5, 5.41) is 2.60. The van der Waals surface area contributed by atoms with Crippen LogP contribution in [0.2, 0.25) is 0 Å². The molecule has 0 aliphatic rings. The van der Waals surface area contributed by atoms with Gasteiger partial charge in [0, 0.05) is 10.8 Å². The topological polar surface area (TPSA) is 43.4 Å². The highest BCUT2D eigenvalue weighted by molar-refractivity contribution is 7.38. The lowest BCUT2D eigenvalue weighted by Crippen LogP contribution is -2.02. The van der Waals surface area contributed by atoms with Gasteiger partial charge in [-0.05, 0) is 13.0 Å². The second kappa shape index (κ2) is 4.12. The van der Waals surface area contributed by atoms with Gasteiger partial charge in [0.2, 0.25) is 0 Å². The lowest BCUT2D eigenvalue weighted by molar-refractivity contribution is 0.0529. The molecule has 3 nitrogen and oxygen atoms in total. The van der Waals surface area contributed by atoms with Crippen molar-refractivity contribution in [3.05, 3.63) is 21.9 Å². The van der Waals surface area contributed by atoms with Crippen molar-refractivity contribution in [3.63, 3.8) is 0 Å². The van der Waals surface area contributed by atoms with E-state index in [2.05, 4.69) is 0 Å². The number of thiophene rings is 2. The SMILES string of the molecule is CCOC(=O)c1csc2sc(C=O)cc12. The molecule has 0 saturated carbocycles. The van der Waals surface area contributed by atoms with Gasteiger partial charge in [-0.2, -0.15) is 0 Å². The van der Waals surface area contributed by atoms with Gasteiger partial charge >= 0.3 is 5.97 Å². The molecular weight excluding hydrogens is 232 g/mol. The van der Waals surface area contributed by atoms with Crippen LogP contribution in [0.25, 0.3) is 9.40 Å². The van der Waals surface area contributed by atoms with E-state index in [0.29, 0.717) is 17.0 Å². The van der Waals surface area contributed by atoms with E-state index in [1.165, 1.54) is 22.7 Å². The summed E-state index contributed by atoms with van der Waals surface area (Å²) in [4.78, 5) is 22.7. The second-order valence-corrected chi connectivity index (χ2v) is 5.06. The average Bonchev–Trinajstić information content (AvgIpc) is 2.75. The van der Waals surface area contributed by atoms with Crippen LogP contribution >= 0.6 is 22.7 Å². The Hall–Kier alpha value is -1.20. The molecule has 2 rings (SSSR count). The van der Waals surface area contributed by atoms with Crippen molar-refractivity contribution in [2.75, 3.05) is 6.61 Å². The van der Waals surface area contributed by atoms with Gasteiger partial charge in [0.1, 0.15) is 0 Å². The van der Waals surface area contributed by atoms with E-state index in [0.717, 1.165) is 15.7 Å². The molecule has 0 bridgehead atoms. The van der Waals surface area contributed by atoms with Crippen molar-refractivity contribution in [3.8, 4) is 0 Å². The molecule has 15 heavy (non-hydrogen) atoms. The molecule has 2 aromatic rings. The molecule has 0 amide bonds. The summed E-state index contributed by atoms with van der Waals surface area (Å²) < 4.78 is 5.91. The predicted octanol–water partition coefficient (Wildman–Crippen LogP) is 2.95. The largest absolute Gasteiger partial charge is 0.462 e. The fraction of sp³-hybridized carbons (Fsp3) is 0.200. The highest BCUT2D eigenvalue weighted by Crippen LogP contribution is 2.33. The molecule has 0 N–H and O–H groups in total. The Labute approximate surface area is 94.3 Å². The fourth-order valence-corrected chi connectivity index (χ4v) is 3.36. The second-order valence-electron chi connectivity index (χ2n) is 2.84. The van der Waals surface area contributed by atoms with Gasteiger partial charge in [-0.3, -0.25) is 4.79 Å². The molecule has 0 aromatic carbocycles. The molecule has 78 valence electrons. The molecule has 0 spiro atoms. The third-order valence-corrected chi connectivity index (χ3v) is 4.08. The highest BCUT2D eigenvalue weighted by atomic mass is 32.2. The van der Waals surface area contributed by atoms with E-state index in [1.807, 2.05) is 0 Å². The third kappa shape index (κ3) is 1.80. The number of ether oxygens (including phenoxy) is 1. The van der Waals surface area contributed by atoms with Gasteiger partial charge < -0.3 is 4.74 Å². The first-order chi connectivity index (χ1) is 7.26. The Balaban J connectivity index is 2.47. The maximum atomic E-state index is 11.5. The molecule has 2 heterocycles. The van der Waals surface area contributed by atoms with Crippen molar-refractivity contribution in [2.24, 2.45) is 0 Å². The summed E-state index contributed by atoms with van der Waals surface area (Å²) >= 11 is 2.86. The summed E-state index contributed by atoms with van der Waals surface area (Å²) in [6.07, 6.45) is 0.798. The molecule has 0 atom stereocenters. The smallest absolute Gasteiger partial charge is 0.339 e.